The van der Waals surface area contributed by atoms with E-state index in [1.807, 2.05) is 47.8 Å². The van der Waals surface area contributed by atoms with Crippen molar-refractivity contribution in [3.05, 3.63) is 80.8 Å². The van der Waals surface area contributed by atoms with Gasteiger partial charge in [-0.3, -0.25) is 9.36 Å². The van der Waals surface area contributed by atoms with Crippen LogP contribution in [0.3, 0.4) is 0 Å². The highest BCUT2D eigenvalue weighted by molar-refractivity contribution is 7.98. The van der Waals surface area contributed by atoms with Gasteiger partial charge in [-0.2, -0.15) is 0 Å². The van der Waals surface area contributed by atoms with Gasteiger partial charge in [0, 0.05) is 10.8 Å². The first-order valence-electron chi connectivity index (χ1n) is 7.59. The number of hydrogen-bond acceptors (Lipinski definition) is 5. The van der Waals surface area contributed by atoms with Crippen LogP contribution in [0.1, 0.15) is 11.3 Å². The fourth-order valence-electron chi connectivity index (χ4n) is 2.49. The Morgan fingerprint density at radius 2 is 2.08 bits per heavy atom. The highest BCUT2D eigenvalue weighted by Crippen LogP contribution is 2.27. The molecule has 25 heavy (non-hydrogen) atoms. The number of benzene rings is 1. The minimum atomic E-state index is -0.0435. The number of rotatable bonds is 5. The van der Waals surface area contributed by atoms with E-state index in [-0.39, 0.29) is 5.56 Å². The maximum Gasteiger partial charge on any atom is 0.272 e. The average molecular weight is 389 g/mol. The summed E-state index contributed by atoms with van der Waals surface area (Å²) >= 11 is 9.15. The fraction of sp³-hybridized carbons (Fsp3) is 0.111. The third-order valence-corrected chi connectivity index (χ3v) is 6.03. The van der Waals surface area contributed by atoms with Gasteiger partial charge in [0.15, 0.2) is 5.16 Å². The lowest BCUT2D eigenvalue weighted by molar-refractivity contribution is 0.477. The number of hydrogen-bond donors (Lipinski definition) is 0. The number of halogens is 1. The van der Waals surface area contributed by atoms with E-state index in [9.17, 15) is 4.79 Å². The summed E-state index contributed by atoms with van der Waals surface area (Å²) in [6.45, 7) is 0.359. The SMILES string of the molecule is O=c1c2sccc2nc(SCc2ccccc2Cl)n1Cc1ccco1. The Balaban J connectivity index is 1.73. The van der Waals surface area contributed by atoms with Gasteiger partial charge in [0.05, 0.1) is 18.3 Å². The average Bonchev–Trinajstić information content (AvgIpc) is 3.29. The number of nitrogens with zero attached hydrogens (tertiary/aromatic N) is 2. The molecule has 0 atom stereocenters. The Morgan fingerprint density at radius 3 is 2.88 bits per heavy atom. The zero-order valence-electron chi connectivity index (χ0n) is 13.0. The summed E-state index contributed by atoms with van der Waals surface area (Å²) in [6.07, 6.45) is 1.61. The van der Waals surface area contributed by atoms with Crippen molar-refractivity contribution in [3.8, 4) is 0 Å². The van der Waals surface area contributed by atoms with E-state index in [2.05, 4.69) is 4.98 Å². The summed E-state index contributed by atoms with van der Waals surface area (Å²) in [4.78, 5) is 17.5. The predicted octanol–water partition coefficient (Wildman–Crippen LogP) is 5.05. The molecule has 0 radical (unpaired) electrons. The van der Waals surface area contributed by atoms with Crippen LogP contribution in [0, 0.1) is 0 Å². The number of furan rings is 1. The van der Waals surface area contributed by atoms with Gasteiger partial charge >= 0.3 is 0 Å². The molecule has 4 nitrogen and oxygen atoms in total. The Bertz CT molecular complexity index is 1070. The standard InChI is InChI=1S/C18H13ClN2O2S2/c19-14-6-2-1-4-12(14)11-25-18-20-15-7-9-24-16(15)17(22)21(18)10-13-5-3-8-23-13/h1-9H,10-11H2. The lowest BCUT2D eigenvalue weighted by Crippen LogP contribution is -2.23. The molecule has 0 N–H and O–H groups in total. The minimum absolute atomic E-state index is 0.0435. The molecule has 126 valence electrons. The third kappa shape index (κ3) is 3.38. The van der Waals surface area contributed by atoms with E-state index in [0.29, 0.717) is 27.2 Å². The number of aromatic nitrogens is 2. The number of thiophene rings is 1. The van der Waals surface area contributed by atoms with Crippen molar-refractivity contribution in [2.75, 3.05) is 0 Å². The molecule has 3 aromatic heterocycles. The van der Waals surface area contributed by atoms with Crippen LogP contribution in [-0.4, -0.2) is 9.55 Å². The monoisotopic (exact) mass is 388 g/mol. The molecule has 0 bridgehead atoms. The van der Waals surface area contributed by atoms with Gasteiger partial charge in [-0.05, 0) is 35.2 Å². The van der Waals surface area contributed by atoms with Gasteiger partial charge in [0.1, 0.15) is 10.5 Å². The summed E-state index contributed by atoms with van der Waals surface area (Å²) in [5, 5.41) is 3.26. The molecule has 0 aliphatic carbocycles. The highest BCUT2D eigenvalue weighted by atomic mass is 35.5. The zero-order valence-corrected chi connectivity index (χ0v) is 15.4. The topological polar surface area (TPSA) is 48.0 Å². The smallest absolute Gasteiger partial charge is 0.272 e. The van der Waals surface area contributed by atoms with Gasteiger partial charge in [-0.15, -0.1) is 11.3 Å². The summed E-state index contributed by atoms with van der Waals surface area (Å²) in [7, 11) is 0. The normalized spacial score (nSPS) is 11.2. The molecular weight excluding hydrogens is 376 g/mol. The minimum Gasteiger partial charge on any atom is -0.467 e. The second-order valence-corrected chi connectivity index (χ2v) is 7.65. The number of thioether (sulfide) groups is 1. The molecule has 1 aromatic carbocycles. The van der Waals surface area contributed by atoms with Crippen molar-refractivity contribution in [1.82, 2.24) is 9.55 Å². The van der Waals surface area contributed by atoms with Crippen LogP contribution in [0.15, 0.2) is 68.5 Å². The van der Waals surface area contributed by atoms with Crippen molar-refractivity contribution in [1.29, 1.82) is 0 Å². The van der Waals surface area contributed by atoms with Crippen LogP contribution in [0.2, 0.25) is 5.02 Å². The quantitative estimate of drug-likeness (QED) is 0.355. The van der Waals surface area contributed by atoms with Gasteiger partial charge in [0.25, 0.3) is 5.56 Å². The predicted molar refractivity (Wildman–Crippen MR) is 103 cm³/mol. The van der Waals surface area contributed by atoms with E-state index < -0.39 is 0 Å². The van der Waals surface area contributed by atoms with Gasteiger partial charge in [-0.1, -0.05) is 41.6 Å². The Labute approximate surface area is 157 Å². The van der Waals surface area contributed by atoms with E-state index >= 15 is 0 Å². The molecule has 3 heterocycles. The second kappa shape index (κ2) is 7.07. The van der Waals surface area contributed by atoms with Crippen molar-refractivity contribution >= 4 is 44.9 Å². The first-order valence-corrected chi connectivity index (χ1v) is 9.83. The van der Waals surface area contributed by atoms with Gasteiger partial charge in [-0.25, -0.2) is 4.98 Å². The van der Waals surface area contributed by atoms with Crippen LogP contribution >= 0.6 is 34.7 Å². The van der Waals surface area contributed by atoms with E-state index in [0.717, 1.165) is 16.8 Å². The maximum atomic E-state index is 12.9. The van der Waals surface area contributed by atoms with E-state index in [4.69, 9.17) is 16.0 Å². The Morgan fingerprint density at radius 1 is 1.20 bits per heavy atom. The Hall–Kier alpha value is -2.02. The summed E-state index contributed by atoms with van der Waals surface area (Å²) in [5.41, 5.74) is 1.70. The first-order chi connectivity index (χ1) is 12.2. The molecule has 0 aliphatic rings. The molecule has 4 rings (SSSR count). The number of fused-ring (bicyclic) bond motifs is 1. The summed E-state index contributed by atoms with van der Waals surface area (Å²) < 4.78 is 7.74. The highest BCUT2D eigenvalue weighted by Gasteiger charge is 2.14. The molecule has 4 aromatic rings. The molecule has 0 saturated heterocycles. The van der Waals surface area contributed by atoms with Crippen LogP contribution in [0.25, 0.3) is 10.2 Å². The zero-order chi connectivity index (χ0) is 17.2. The van der Waals surface area contributed by atoms with Crippen LogP contribution in [0.4, 0.5) is 0 Å². The molecule has 0 aliphatic heterocycles. The van der Waals surface area contributed by atoms with Gasteiger partial charge < -0.3 is 4.42 Å². The molecule has 0 unspecified atom stereocenters. The van der Waals surface area contributed by atoms with E-state index in [1.54, 1.807) is 10.8 Å². The molecule has 0 fully saturated rings. The third-order valence-electron chi connectivity index (χ3n) is 3.74. The molecular formula is C18H13ClN2O2S2. The van der Waals surface area contributed by atoms with Crippen molar-refractivity contribution in [2.45, 2.75) is 17.5 Å². The van der Waals surface area contributed by atoms with Crippen LogP contribution < -0.4 is 5.56 Å². The fourth-order valence-corrected chi connectivity index (χ4v) is 4.55. The molecule has 0 saturated carbocycles. The molecule has 0 amide bonds. The second-order valence-electron chi connectivity index (χ2n) is 5.38. The lowest BCUT2D eigenvalue weighted by atomic mass is 10.2. The maximum absolute atomic E-state index is 12.9. The molecule has 0 spiro atoms. The largest absolute Gasteiger partial charge is 0.467 e. The van der Waals surface area contributed by atoms with Crippen LogP contribution in [-0.2, 0) is 12.3 Å². The van der Waals surface area contributed by atoms with Crippen molar-refractivity contribution in [2.24, 2.45) is 0 Å². The van der Waals surface area contributed by atoms with E-state index in [1.165, 1.54) is 23.1 Å². The summed E-state index contributed by atoms with van der Waals surface area (Å²) in [5.74, 6) is 1.36. The summed E-state index contributed by atoms with van der Waals surface area (Å²) in [6, 6.07) is 13.2. The van der Waals surface area contributed by atoms with Crippen molar-refractivity contribution < 1.29 is 4.42 Å². The molecule has 7 heteroatoms. The van der Waals surface area contributed by atoms with Crippen LogP contribution in [0.5, 0.6) is 0 Å². The lowest BCUT2D eigenvalue weighted by Gasteiger charge is -2.11. The van der Waals surface area contributed by atoms with Gasteiger partial charge in [0.2, 0.25) is 0 Å². The first kappa shape index (κ1) is 16.4. The van der Waals surface area contributed by atoms with Crippen molar-refractivity contribution in [3.63, 3.8) is 0 Å². The Kier molecular flexibility index (Phi) is 4.65.